The van der Waals surface area contributed by atoms with Crippen molar-refractivity contribution in [3.8, 4) is 5.75 Å². The van der Waals surface area contributed by atoms with E-state index in [-0.39, 0.29) is 21.7 Å². The SMILES string of the molecule is Cc1ccc(S(=O)(=O)n2c(C)c(C=NO)c3ccc(OC(F)(F)F)cc32)cc1. The van der Waals surface area contributed by atoms with Gasteiger partial charge in [-0.25, -0.2) is 12.4 Å². The van der Waals surface area contributed by atoms with Crippen molar-refractivity contribution in [3.05, 3.63) is 59.3 Å². The molecule has 1 N–H and O–H groups in total. The molecule has 1 heterocycles. The van der Waals surface area contributed by atoms with Crippen LogP contribution < -0.4 is 4.74 Å². The van der Waals surface area contributed by atoms with Crippen LogP contribution >= 0.6 is 0 Å². The quantitative estimate of drug-likeness (QED) is 0.396. The molecule has 0 unspecified atom stereocenters. The molecule has 0 aliphatic heterocycles. The number of ether oxygens (including phenoxy) is 1. The van der Waals surface area contributed by atoms with E-state index < -0.39 is 22.1 Å². The first-order valence-electron chi connectivity index (χ1n) is 7.95. The lowest BCUT2D eigenvalue weighted by molar-refractivity contribution is -0.274. The molecule has 10 heteroatoms. The number of nitrogens with zero attached hydrogens (tertiary/aromatic N) is 2. The molecule has 0 aliphatic rings. The average molecular weight is 412 g/mol. The molecule has 3 rings (SSSR count). The summed E-state index contributed by atoms with van der Waals surface area (Å²) in [7, 11) is -4.13. The highest BCUT2D eigenvalue weighted by atomic mass is 32.2. The van der Waals surface area contributed by atoms with E-state index in [0.29, 0.717) is 5.39 Å². The minimum atomic E-state index is -4.93. The number of aromatic nitrogens is 1. The average Bonchev–Trinajstić information content (AvgIpc) is 2.86. The number of oxime groups is 1. The van der Waals surface area contributed by atoms with Crippen LogP contribution in [0, 0.1) is 13.8 Å². The fraction of sp³-hybridized carbons (Fsp3) is 0.167. The first-order valence-corrected chi connectivity index (χ1v) is 9.39. The van der Waals surface area contributed by atoms with Gasteiger partial charge in [0.15, 0.2) is 0 Å². The van der Waals surface area contributed by atoms with E-state index in [1.165, 1.54) is 25.1 Å². The summed E-state index contributed by atoms with van der Waals surface area (Å²) in [6.45, 7) is 3.26. The maximum absolute atomic E-state index is 13.2. The zero-order valence-electron chi connectivity index (χ0n) is 14.7. The number of fused-ring (bicyclic) bond motifs is 1. The number of hydrogen-bond acceptors (Lipinski definition) is 5. The molecule has 0 amide bonds. The molecule has 2 aromatic carbocycles. The van der Waals surface area contributed by atoms with Crippen LogP contribution in [0.2, 0.25) is 0 Å². The minimum Gasteiger partial charge on any atom is -0.411 e. The van der Waals surface area contributed by atoms with E-state index >= 15 is 0 Å². The van der Waals surface area contributed by atoms with Crippen molar-refractivity contribution < 1.29 is 31.5 Å². The highest BCUT2D eigenvalue weighted by molar-refractivity contribution is 7.90. The van der Waals surface area contributed by atoms with E-state index in [1.807, 2.05) is 0 Å². The van der Waals surface area contributed by atoms with E-state index in [4.69, 9.17) is 5.21 Å². The fourth-order valence-corrected chi connectivity index (χ4v) is 4.50. The van der Waals surface area contributed by atoms with E-state index in [0.717, 1.165) is 27.9 Å². The zero-order chi connectivity index (χ0) is 20.7. The summed E-state index contributed by atoms with van der Waals surface area (Å²) in [6, 6.07) is 9.37. The molecule has 0 aliphatic carbocycles. The van der Waals surface area contributed by atoms with E-state index in [1.54, 1.807) is 19.1 Å². The number of alkyl halides is 3. The lowest BCUT2D eigenvalue weighted by atomic mass is 10.1. The zero-order valence-corrected chi connectivity index (χ0v) is 15.5. The van der Waals surface area contributed by atoms with Gasteiger partial charge in [-0.05, 0) is 38.1 Å². The first kappa shape index (κ1) is 19.7. The van der Waals surface area contributed by atoms with Crippen molar-refractivity contribution in [1.29, 1.82) is 0 Å². The number of halogens is 3. The van der Waals surface area contributed by atoms with E-state index in [2.05, 4.69) is 9.89 Å². The van der Waals surface area contributed by atoms with Crippen molar-refractivity contribution in [1.82, 2.24) is 3.97 Å². The van der Waals surface area contributed by atoms with Crippen LogP contribution in [0.25, 0.3) is 10.9 Å². The van der Waals surface area contributed by atoms with Gasteiger partial charge < -0.3 is 9.94 Å². The van der Waals surface area contributed by atoms with Crippen molar-refractivity contribution in [2.75, 3.05) is 0 Å². The van der Waals surface area contributed by atoms with Gasteiger partial charge in [0.1, 0.15) is 5.75 Å². The van der Waals surface area contributed by atoms with E-state index in [9.17, 15) is 21.6 Å². The summed E-state index contributed by atoms with van der Waals surface area (Å²) in [6.07, 6.45) is -3.89. The lowest BCUT2D eigenvalue weighted by Gasteiger charge is -2.12. The van der Waals surface area contributed by atoms with Gasteiger partial charge in [0.05, 0.1) is 16.6 Å². The van der Waals surface area contributed by atoms with Crippen LogP contribution in [0.3, 0.4) is 0 Å². The second kappa shape index (κ2) is 6.86. The van der Waals surface area contributed by atoms with Gasteiger partial charge in [-0.1, -0.05) is 22.9 Å². The van der Waals surface area contributed by atoms with Crippen LogP contribution in [0.5, 0.6) is 5.75 Å². The van der Waals surface area contributed by atoms with Crippen LogP contribution in [0.1, 0.15) is 16.8 Å². The molecule has 0 fully saturated rings. The second-order valence-corrected chi connectivity index (χ2v) is 7.84. The first-order chi connectivity index (χ1) is 13.0. The van der Waals surface area contributed by atoms with Crippen LogP contribution in [-0.2, 0) is 10.0 Å². The largest absolute Gasteiger partial charge is 0.573 e. The Labute approximate surface area is 158 Å². The third kappa shape index (κ3) is 3.55. The van der Waals surface area contributed by atoms with Gasteiger partial charge in [-0.3, -0.25) is 0 Å². The van der Waals surface area contributed by atoms with Crippen LogP contribution in [-0.4, -0.2) is 30.2 Å². The summed E-state index contributed by atoms with van der Waals surface area (Å²) in [5.41, 5.74) is 1.25. The number of hydrogen-bond donors (Lipinski definition) is 1. The highest BCUT2D eigenvalue weighted by Gasteiger charge is 2.32. The molecular formula is C18H15F3N2O4S. The number of aryl methyl sites for hydroxylation is 1. The minimum absolute atomic E-state index is 0.0327. The smallest absolute Gasteiger partial charge is 0.411 e. The van der Waals surface area contributed by atoms with Crippen molar-refractivity contribution >= 4 is 27.1 Å². The summed E-state index contributed by atoms with van der Waals surface area (Å²) < 4.78 is 68.9. The molecule has 3 aromatic rings. The summed E-state index contributed by atoms with van der Waals surface area (Å²) in [5, 5.41) is 12.1. The summed E-state index contributed by atoms with van der Waals surface area (Å²) in [4.78, 5) is -0.0345. The van der Waals surface area contributed by atoms with Gasteiger partial charge in [-0.15, -0.1) is 13.2 Å². The highest BCUT2D eigenvalue weighted by Crippen LogP contribution is 2.33. The maximum Gasteiger partial charge on any atom is 0.573 e. The molecule has 148 valence electrons. The molecule has 6 nitrogen and oxygen atoms in total. The molecule has 0 saturated carbocycles. The van der Waals surface area contributed by atoms with Crippen LogP contribution in [0.15, 0.2) is 52.5 Å². The molecular weight excluding hydrogens is 397 g/mol. The Morgan fingerprint density at radius 1 is 1.11 bits per heavy atom. The number of benzene rings is 2. The fourth-order valence-electron chi connectivity index (χ4n) is 2.94. The van der Waals surface area contributed by atoms with Crippen molar-refractivity contribution in [2.45, 2.75) is 25.1 Å². The Kier molecular flexibility index (Phi) is 4.84. The third-order valence-corrected chi connectivity index (χ3v) is 5.97. The normalized spacial score (nSPS) is 12.8. The Bertz CT molecular complexity index is 1160. The molecule has 0 radical (unpaired) electrons. The standard InChI is InChI=1S/C18H15F3N2O4S/c1-11-3-6-14(7-4-11)28(25,26)23-12(2)16(10-22-24)15-8-5-13(9-17(15)23)27-18(19,20)21/h3-10,24H,1-2H3. The Balaban J connectivity index is 2.32. The Morgan fingerprint density at radius 3 is 2.32 bits per heavy atom. The Morgan fingerprint density at radius 2 is 1.75 bits per heavy atom. The monoisotopic (exact) mass is 412 g/mol. The summed E-state index contributed by atoms with van der Waals surface area (Å²) in [5.74, 6) is -0.564. The van der Waals surface area contributed by atoms with Gasteiger partial charge in [0.2, 0.25) is 0 Å². The predicted molar refractivity (Wildman–Crippen MR) is 96.5 cm³/mol. The third-order valence-electron chi connectivity index (χ3n) is 4.15. The lowest BCUT2D eigenvalue weighted by Crippen LogP contribution is -2.17. The maximum atomic E-state index is 13.2. The van der Waals surface area contributed by atoms with Crippen molar-refractivity contribution in [2.24, 2.45) is 5.16 Å². The van der Waals surface area contributed by atoms with Gasteiger partial charge in [0.25, 0.3) is 10.0 Å². The number of rotatable bonds is 4. The topological polar surface area (TPSA) is 80.9 Å². The van der Waals surface area contributed by atoms with Crippen LogP contribution in [0.4, 0.5) is 13.2 Å². The summed E-state index contributed by atoms with van der Waals surface area (Å²) >= 11 is 0. The van der Waals surface area contributed by atoms with Gasteiger partial charge in [0, 0.05) is 22.7 Å². The predicted octanol–water partition coefficient (Wildman–Crippen LogP) is 4.20. The molecule has 28 heavy (non-hydrogen) atoms. The van der Waals surface area contributed by atoms with Gasteiger partial charge in [-0.2, -0.15) is 0 Å². The molecule has 0 saturated heterocycles. The molecule has 0 atom stereocenters. The molecule has 0 spiro atoms. The van der Waals surface area contributed by atoms with Crippen molar-refractivity contribution in [3.63, 3.8) is 0 Å². The molecule has 0 bridgehead atoms. The van der Waals surface area contributed by atoms with Gasteiger partial charge >= 0.3 is 6.36 Å². The second-order valence-electron chi connectivity index (χ2n) is 6.05. The Hall–Kier alpha value is -3.01. The molecule has 1 aromatic heterocycles.